The summed E-state index contributed by atoms with van der Waals surface area (Å²) in [6, 6.07) is 12.0. The number of benzene rings is 2. The summed E-state index contributed by atoms with van der Waals surface area (Å²) >= 11 is 0. The Morgan fingerprint density at radius 1 is 1.10 bits per heavy atom. The molecule has 0 spiro atoms. The van der Waals surface area contributed by atoms with Crippen molar-refractivity contribution in [1.29, 1.82) is 0 Å². The molecule has 0 saturated heterocycles. The van der Waals surface area contributed by atoms with Crippen molar-refractivity contribution in [2.75, 3.05) is 11.4 Å². The van der Waals surface area contributed by atoms with Gasteiger partial charge in [-0.05, 0) is 24.4 Å². The Hall–Kier alpha value is -2.62. The van der Waals surface area contributed by atoms with Crippen LogP contribution in [-0.4, -0.2) is 22.0 Å². The summed E-state index contributed by atoms with van der Waals surface area (Å²) in [4.78, 5) is 18.7. The molecule has 1 aromatic heterocycles. The summed E-state index contributed by atoms with van der Waals surface area (Å²) in [5.41, 5.74) is 1.83. The van der Waals surface area contributed by atoms with Gasteiger partial charge < -0.3 is 9.47 Å². The van der Waals surface area contributed by atoms with E-state index in [1.807, 2.05) is 42.3 Å². The molecule has 21 heavy (non-hydrogen) atoms. The zero-order valence-corrected chi connectivity index (χ0v) is 11.8. The molecule has 0 atom stereocenters. The highest BCUT2D eigenvalue weighted by molar-refractivity contribution is 6.24. The number of hydrogen-bond acceptors (Lipinski definition) is 2. The molecule has 3 aromatic rings. The summed E-state index contributed by atoms with van der Waals surface area (Å²) in [6.07, 6.45) is 3.74. The molecular weight excluding hydrogens is 262 g/mol. The lowest BCUT2D eigenvalue weighted by Crippen LogP contribution is -2.30. The van der Waals surface area contributed by atoms with E-state index in [1.54, 1.807) is 6.20 Å². The lowest BCUT2D eigenvalue weighted by molar-refractivity contribution is 0.0992. The first-order valence-corrected chi connectivity index (χ1v) is 7.07. The van der Waals surface area contributed by atoms with Crippen LogP contribution < -0.4 is 4.90 Å². The van der Waals surface area contributed by atoms with E-state index in [4.69, 9.17) is 0 Å². The van der Waals surface area contributed by atoms with Crippen LogP contribution in [0.15, 0.2) is 48.8 Å². The van der Waals surface area contributed by atoms with Crippen LogP contribution in [0.1, 0.15) is 16.2 Å². The highest BCUT2D eigenvalue weighted by Crippen LogP contribution is 2.36. The van der Waals surface area contributed by atoms with Crippen molar-refractivity contribution < 1.29 is 4.79 Å². The van der Waals surface area contributed by atoms with Crippen molar-refractivity contribution >= 4 is 22.4 Å². The summed E-state index contributed by atoms with van der Waals surface area (Å²) in [5.74, 6) is 1.07. The fraction of sp³-hybridized carbons (Fsp3) is 0.176. The topological polar surface area (TPSA) is 38.1 Å². The van der Waals surface area contributed by atoms with E-state index >= 15 is 0 Å². The van der Waals surface area contributed by atoms with E-state index in [9.17, 15) is 4.79 Å². The van der Waals surface area contributed by atoms with Crippen molar-refractivity contribution in [3.8, 4) is 0 Å². The summed E-state index contributed by atoms with van der Waals surface area (Å²) in [7, 11) is 0. The lowest BCUT2D eigenvalue weighted by Gasteiger charge is -2.18. The van der Waals surface area contributed by atoms with Crippen LogP contribution in [-0.2, 0) is 6.54 Å². The molecule has 0 N–H and O–H groups in total. The van der Waals surface area contributed by atoms with Crippen LogP contribution in [0.4, 0.5) is 5.69 Å². The summed E-state index contributed by atoms with van der Waals surface area (Å²) in [6.45, 7) is 3.38. The standard InChI is InChI=1S/C17H15N3O/c1-12-18-8-9-19(12)10-11-20-15-7-3-5-13-4-2-6-14(16(13)15)17(20)21/h2-9H,10-11H2,1H3. The Morgan fingerprint density at radius 3 is 2.67 bits per heavy atom. The van der Waals surface area contributed by atoms with Gasteiger partial charge in [0.05, 0.1) is 5.69 Å². The van der Waals surface area contributed by atoms with Crippen LogP contribution in [0, 0.1) is 6.92 Å². The molecule has 2 heterocycles. The predicted octanol–water partition coefficient (Wildman–Crippen LogP) is 3.01. The molecule has 2 aromatic carbocycles. The molecule has 1 aliphatic rings. The number of amides is 1. The van der Waals surface area contributed by atoms with E-state index < -0.39 is 0 Å². The fourth-order valence-electron chi connectivity index (χ4n) is 3.05. The van der Waals surface area contributed by atoms with E-state index in [-0.39, 0.29) is 5.91 Å². The minimum atomic E-state index is 0.0968. The molecule has 104 valence electrons. The second kappa shape index (κ2) is 4.45. The van der Waals surface area contributed by atoms with Crippen LogP contribution in [0.2, 0.25) is 0 Å². The average Bonchev–Trinajstić information content (AvgIpc) is 3.02. The van der Waals surface area contributed by atoms with Crippen LogP contribution >= 0.6 is 0 Å². The van der Waals surface area contributed by atoms with Gasteiger partial charge in [-0.2, -0.15) is 0 Å². The van der Waals surface area contributed by atoms with E-state index in [2.05, 4.69) is 21.7 Å². The Labute approximate surface area is 122 Å². The largest absolute Gasteiger partial charge is 0.333 e. The molecule has 0 aliphatic carbocycles. The van der Waals surface area contributed by atoms with Crippen molar-refractivity contribution in [3.05, 3.63) is 60.2 Å². The Morgan fingerprint density at radius 2 is 1.90 bits per heavy atom. The van der Waals surface area contributed by atoms with Crippen molar-refractivity contribution in [1.82, 2.24) is 9.55 Å². The number of carbonyl (C=O) groups excluding carboxylic acids is 1. The monoisotopic (exact) mass is 277 g/mol. The fourth-order valence-corrected chi connectivity index (χ4v) is 3.05. The zero-order chi connectivity index (χ0) is 14.4. The summed E-state index contributed by atoms with van der Waals surface area (Å²) in [5, 5.41) is 2.20. The second-order valence-corrected chi connectivity index (χ2v) is 5.31. The van der Waals surface area contributed by atoms with Gasteiger partial charge in [0.15, 0.2) is 0 Å². The number of imidazole rings is 1. The Balaban J connectivity index is 1.71. The molecule has 4 heteroatoms. The van der Waals surface area contributed by atoms with Crippen LogP contribution in [0.25, 0.3) is 10.8 Å². The Kier molecular flexibility index (Phi) is 2.57. The minimum Gasteiger partial charge on any atom is -0.333 e. The SMILES string of the molecule is Cc1nccn1CCN1C(=O)c2cccc3cccc1c23. The molecule has 0 fully saturated rings. The van der Waals surface area contributed by atoms with Gasteiger partial charge in [-0.1, -0.05) is 24.3 Å². The van der Waals surface area contributed by atoms with Gasteiger partial charge in [0.1, 0.15) is 5.82 Å². The van der Waals surface area contributed by atoms with E-state index in [1.165, 1.54) is 0 Å². The summed E-state index contributed by atoms with van der Waals surface area (Å²) < 4.78 is 2.07. The average molecular weight is 277 g/mol. The molecule has 1 amide bonds. The van der Waals surface area contributed by atoms with Gasteiger partial charge in [0.25, 0.3) is 5.91 Å². The second-order valence-electron chi connectivity index (χ2n) is 5.31. The van der Waals surface area contributed by atoms with Crippen molar-refractivity contribution in [2.24, 2.45) is 0 Å². The molecule has 4 rings (SSSR count). The first kappa shape index (κ1) is 12.1. The smallest absolute Gasteiger partial charge is 0.259 e. The van der Waals surface area contributed by atoms with Gasteiger partial charge in [0.2, 0.25) is 0 Å². The number of anilines is 1. The van der Waals surface area contributed by atoms with Gasteiger partial charge in [-0.15, -0.1) is 0 Å². The zero-order valence-electron chi connectivity index (χ0n) is 11.8. The molecule has 0 unspecified atom stereocenters. The van der Waals surface area contributed by atoms with Crippen LogP contribution in [0.5, 0.6) is 0 Å². The van der Waals surface area contributed by atoms with E-state index in [0.29, 0.717) is 6.54 Å². The normalized spacial score (nSPS) is 13.4. The third kappa shape index (κ3) is 1.76. The first-order valence-electron chi connectivity index (χ1n) is 7.07. The molecule has 0 radical (unpaired) electrons. The number of hydrogen-bond donors (Lipinski definition) is 0. The third-order valence-electron chi connectivity index (χ3n) is 4.14. The highest BCUT2D eigenvalue weighted by atomic mass is 16.2. The quantitative estimate of drug-likeness (QED) is 0.738. The van der Waals surface area contributed by atoms with E-state index in [0.717, 1.165) is 34.4 Å². The Bertz CT molecular complexity index is 845. The number of aromatic nitrogens is 2. The molecule has 0 bridgehead atoms. The predicted molar refractivity (Wildman–Crippen MR) is 82.6 cm³/mol. The number of aryl methyl sites for hydroxylation is 1. The van der Waals surface area contributed by atoms with Gasteiger partial charge in [-0.25, -0.2) is 4.98 Å². The maximum absolute atomic E-state index is 12.6. The maximum atomic E-state index is 12.6. The molecule has 0 saturated carbocycles. The first-order chi connectivity index (χ1) is 10.3. The third-order valence-corrected chi connectivity index (χ3v) is 4.14. The number of carbonyl (C=O) groups is 1. The molecule has 4 nitrogen and oxygen atoms in total. The lowest BCUT2D eigenvalue weighted by atomic mass is 10.1. The van der Waals surface area contributed by atoms with Gasteiger partial charge in [-0.3, -0.25) is 4.79 Å². The number of rotatable bonds is 3. The van der Waals surface area contributed by atoms with Gasteiger partial charge >= 0.3 is 0 Å². The minimum absolute atomic E-state index is 0.0968. The molecule has 1 aliphatic heterocycles. The molecular formula is C17H15N3O. The van der Waals surface area contributed by atoms with Crippen molar-refractivity contribution in [2.45, 2.75) is 13.5 Å². The van der Waals surface area contributed by atoms with Crippen LogP contribution in [0.3, 0.4) is 0 Å². The van der Waals surface area contributed by atoms with Gasteiger partial charge in [0, 0.05) is 36.4 Å². The van der Waals surface area contributed by atoms with Crippen molar-refractivity contribution in [3.63, 3.8) is 0 Å². The maximum Gasteiger partial charge on any atom is 0.259 e. The highest BCUT2D eigenvalue weighted by Gasteiger charge is 2.28. The number of nitrogens with zero attached hydrogens (tertiary/aromatic N) is 3.